The first kappa shape index (κ1) is 13.5. The highest BCUT2D eigenvalue weighted by molar-refractivity contribution is 7.25. The van der Waals surface area contributed by atoms with E-state index >= 15 is 0 Å². The van der Waals surface area contributed by atoms with E-state index in [1.54, 1.807) is 24.3 Å². The van der Waals surface area contributed by atoms with E-state index in [1.807, 2.05) is 0 Å². The molecule has 2 aromatic heterocycles. The molecule has 0 radical (unpaired) electrons. The maximum absolute atomic E-state index is 14.0. The van der Waals surface area contributed by atoms with Gasteiger partial charge in [-0.3, -0.25) is 4.79 Å². The number of fused-ring (bicyclic) bond motifs is 4. The molecule has 0 spiro atoms. The maximum atomic E-state index is 14.0. The summed E-state index contributed by atoms with van der Waals surface area (Å²) < 4.78 is 27.9. The van der Waals surface area contributed by atoms with Gasteiger partial charge in [0.25, 0.3) is 0 Å². The van der Waals surface area contributed by atoms with Gasteiger partial charge in [0.15, 0.2) is 5.43 Å². The van der Waals surface area contributed by atoms with Crippen molar-refractivity contribution in [3.05, 3.63) is 63.4 Å². The summed E-state index contributed by atoms with van der Waals surface area (Å²) >= 11 is 7.16. The van der Waals surface area contributed by atoms with Crippen LogP contribution in [0.25, 0.3) is 31.1 Å². The molecule has 0 unspecified atom stereocenters. The normalized spacial score (nSPS) is 11.6. The molecule has 2 nitrogen and oxygen atoms in total. The zero-order chi connectivity index (χ0) is 15.4. The molecule has 4 aromatic rings. The predicted octanol–water partition coefficient (Wildman–Crippen LogP) is 4.89. The van der Waals surface area contributed by atoms with Crippen LogP contribution in [0.4, 0.5) is 8.78 Å². The van der Waals surface area contributed by atoms with E-state index in [2.05, 4.69) is 4.98 Å². The molecule has 0 aliphatic heterocycles. The van der Waals surface area contributed by atoms with E-state index < -0.39 is 17.1 Å². The Kier molecular flexibility index (Phi) is 2.89. The van der Waals surface area contributed by atoms with Gasteiger partial charge in [-0.2, -0.15) is 0 Å². The Morgan fingerprint density at radius 2 is 1.82 bits per heavy atom. The average molecular weight is 334 g/mol. The van der Waals surface area contributed by atoms with Crippen LogP contribution in [0.3, 0.4) is 0 Å². The van der Waals surface area contributed by atoms with Crippen molar-refractivity contribution in [3.8, 4) is 0 Å². The smallest absolute Gasteiger partial charge is 0.196 e. The van der Waals surface area contributed by atoms with Gasteiger partial charge >= 0.3 is 0 Å². The molecule has 0 aliphatic carbocycles. The Morgan fingerprint density at radius 1 is 1.05 bits per heavy atom. The molecule has 0 N–H and O–H groups in total. The van der Waals surface area contributed by atoms with Crippen molar-refractivity contribution >= 4 is 54.0 Å². The predicted molar refractivity (Wildman–Crippen MR) is 85.8 cm³/mol. The Labute approximate surface area is 131 Å². The second kappa shape index (κ2) is 4.69. The number of para-hydroxylation sites is 1. The van der Waals surface area contributed by atoms with Gasteiger partial charge < -0.3 is 0 Å². The van der Waals surface area contributed by atoms with Crippen LogP contribution in [0.2, 0.25) is 5.15 Å². The van der Waals surface area contributed by atoms with Gasteiger partial charge in [0.2, 0.25) is 0 Å². The van der Waals surface area contributed by atoms with Crippen molar-refractivity contribution in [2.75, 3.05) is 0 Å². The Hall–Kier alpha value is -2.11. The fourth-order valence-corrected chi connectivity index (χ4v) is 3.91. The molecule has 0 aliphatic rings. The van der Waals surface area contributed by atoms with Crippen LogP contribution < -0.4 is 5.43 Å². The van der Waals surface area contributed by atoms with Gasteiger partial charge in [0, 0.05) is 16.8 Å². The molecule has 2 heterocycles. The third-order valence-corrected chi connectivity index (χ3v) is 5.10. The topological polar surface area (TPSA) is 30.0 Å². The molecule has 0 atom stereocenters. The highest BCUT2D eigenvalue weighted by Gasteiger charge is 2.16. The lowest BCUT2D eigenvalue weighted by molar-refractivity contribution is 0.593. The number of benzene rings is 2. The second-order valence-corrected chi connectivity index (χ2v) is 6.20. The first-order chi connectivity index (χ1) is 10.6. The lowest BCUT2D eigenvalue weighted by Crippen LogP contribution is -2.04. The van der Waals surface area contributed by atoms with Gasteiger partial charge in [-0.1, -0.05) is 29.8 Å². The third-order valence-electron chi connectivity index (χ3n) is 3.49. The van der Waals surface area contributed by atoms with Gasteiger partial charge in [-0.05, 0) is 12.1 Å². The monoisotopic (exact) mass is 333 g/mol. The van der Waals surface area contributed by atoms with Crippen molar-refractivity contribution in [1.82, 2.24) is 4.98 Å². The van der Waals surface area contributed by atoms with Crippen LogP contribution in [-0.4, -0.2) is 4.98 Å². The summed E-state index contributed by atoms with van der Waals surface area (Å²) in [6, 6.07) is 8.85. The minimum atomic E-state index is -0.780. The number of hydrogen-bond donors (Lipinski definition) is 0. The Bertz CT molecular complexity index is 1140. The summed E-state index contributed by atoms with van der Waals surface area (Å²) in [6.45, 7) is 0. The second-order valence-electron chi connectivity index (χ2n) is 4.82. The molecule has 22 heavy (non-hydrogen) atoms. The summed E-state index contributed by atoms with van der Waals surface area (Å²) in [5.41, 5.74) is 0.128. The molecular weight excluding hydrogens is 328 g/mol. The molecule has 0 saturated heterocycles. The van der Waals surface area contributed by atoms with Crippen LogP contribution in [-0.2, 0) is 0 Å². The number of nitrogens with zero attached hydrogens (tertiary/aromatic N) is 1. The van der Waals surface area contributed by atoms with E-state index in [0.29, 0.717) is 21.0 Å². The summed E-state index contributed by atoms with van der Waals surface area (Å²) in [6.07, 6.45) is 0. The number of aromatic nitrogens is 1. The van der Waals surface area contributed by atoms with Crippen LogP contribution in [0, 0.1) is 11.6 Å². The maximum Gasteiger partial charge on any atom is 0.196 e. The first-order valence-corrected chi connectivity index (χ1v) is 7.55. The standard InChI is InChI=1S/C16H6ClF2NOS/c17-16-15-12(8-3-1-2-4-11(8)20-16)13(21)9-5-7(18)6-10(19)14(9)22-15/h1-6H. The van der Waals surface area contributed by atoms with E-state index in [9.17, 15) is 13.6 Å². The first-order valence-electron chi connectivity index (χ1n) is 6.36. The molecule has 0 fully saturated rings. The number of halogens is 3. The Balaban J connectivity index is 2.38. The van der Waals surface area contributed by atoms with Crippen molar-refractivity contribution in [1.29, 1.82) is 0 Å². The van der Waals surface area contributed by atoms with Gasteiger partial charge in [-0.25, -0.2) is 13.8 Å². The summed E-state index contributed by atoms with van der Waals surface area (Å²) in [5.74, 6) is -1.55. The SMILES string of the molecule is O=c1c2cc(F)cc(F)c2sc2c(Cl)nc3ccccc3c12. The Morgan fingerprint density at radius 3 is 2.64 bits per heavy atom. The van der Waals surface area contributed by atoms with Gasteiger partial charge in [0.05, 0.1) is 20.3 Å². The van der Waals surface area contributed by atoms with E-state index in [1.165, 1.54) is 0 Å². The summed E-state index contributed by atoms with van der Waals surface area (Å²) in [4.78, 5) is 17.0. The van der Waals surface area contributed by atoms with Crippen molar-refractivity contribution in [2.24, 2.45) is 0 Å². The summed E-state index contributed by atoms with van der Waals surface area (Å²) in [5, 5.41) is 1.12. The zero-order valence-electron chi connectivity index (χ0n) is 10.9. The molecular formula is C16H6ClF2NOS. The largest absolute Gasteiger partial charge is 0.288 e. The lowest BCUT2D eigenvalue weighted by atomic mass is 10.1. The fourth-order valence-electron chi connectivity index (χ4n) is 2.55. The third kappa shape index (κ3) is 1.82. The minimum absolute atomic E-state index is 0.0161. The number of pyridine rings is 1. The minimum Gasteiger partial charge on any atom is -0.288 e. The van der Waals surface area contributed by atoms with Crippen LogP contribution in [0.5, 0.6) is 0 Å². The van der Waals surface area contributed by atoms with Gasteiger partial charge in [0.1, 0.15) is 16.8 Å². The molecule has 0 amide bonds. The van der Waals surface area contributed by atoms with E-state index in [0.717, 1.165) is 23.5 Å². The lowest BCUT2D eigenvalue weighted by Gasteiger charge is -2.07. The highest BCUT2D eigenvalue weighted by Crippen LogP contribution is 2.34. The molecule has 0 bridgehead atoms. The molecule has 2 aromatic carbocycles. The molecule has 4 rings (SSSR count). The van der Waals surface area contributed by atoms with Crippen LogP contribution in [0.1, 0.15) is 0 Å². The molecule has 108 valence electrons. The molecule has 6 heteroatoms. The highest BCUT2D eigenvalue weighted by atomic mass is 35.5. The fraction of sp³-hybridized carbons (Fsp3) is 0. The molecule has 0 saturated carbocycles. The van der Waals surface area contributed by atoms with E-state index in [-0.39, 0.29) is 15.2 Å². The summed E-state index contributed by atoms with van der Waals surface area (Å²) in [7, 11) is 0. The van der Waals surface area contributed by atoms with Crippen LogP contribution >= 0.6 is 22.9 Å². The van der Waals surface area contributed by atoms with Crippen LogP contribution in [0.15, 0.2) is 41.2 Å². The van der Waals surface area contributed by atoms with Gasteiger partial charge in [-0.15, -0.1) is 11.3 Å². The quantitative estimate of drug-likeness (QED) is 0.260. The average Bonchev–Trinajstić information content (AvgIpc) is 2.48. The van der Waals surface area contributed by atoms with E-state index in [4.69, 9.17) is 11.6 Å². The number of hydrogen-bond acceptors (Lipinski definition) is 3. The van der Waals surface area contributed by atoms with Crippen molar-refractivity contribution in [2.45, 2.75) is 0 Å². The van der Waals surface area contributed by atoms with Crippen molar-refractivity contribution < 1.29 is 8.78 Å². The van der Waals surface area contributed by atoms with Crippen molar-refractivity contribution in [3.63, 3.8) is 0 Å². The zero-order valence-corrected chi connectivity index (χ0v) is 12.4. The number of rotatable bonds is 0.